The van der Waals surface area contributed by atoms with Crippen molar-refractivity contribution in [1.82, 2.24) is 15.2 Å². The summed E-state index contributed by atoms with van der Waals surface area (Å²) in [5, 5.41) is 4.16. The van der Waals surface area contributed by atoms with Gasteiger partial charge < -0.3 is 20.9 Å². The van der Waals surface area contributed by atoms with Gasteiger partial charge in [-0.15, -0.1) is 0 Å². The molecule has 0 aromatic carbocycles. The highest BCUT2D eigenvalue weighted by Gasteiger charge is 2.22. The molecule has 0 saturated carbocycles. The van der Waals surface area contributed by atoms with E-state index in [0.29, 0.717) is 22.5 Å². The molecule has 8 heteroatoms. The Labute approximate surface area is 134 Å². The molecule has 1 aliphatic heterocycles. The second kappa shape index (κ2) is 7.33. The van der Waals surface area contributed by atoms with Gasteiger partial charge in [0.05, 0.1) is 0 Å². The predicted molar refractivity (Wildman–Crippen MR) is 91.5 cm³/mol. The van der Waals surface area contributed by atoms with Crippen LogP contribution in [0, 0.1) is 0 Å². The molecule has 2 heterocycles. The van der Waals surface area contributed by atoms with Gasteiger partial charge in [0.2, 0.25) is 0 Å². The number of nitrogens with two attached hydrogens (primary N) is 1. The van der Waals surface area contributed by atoms with Crippen molar-refractivity contribution in [3.63, 3.8) is 0 Å². The summed E-state index contributed by atoms with van der Waals surface area (Å²) in [6, 6.07) is 0. The zero-order chi connectivity index (χ0) is 15.4. The maximum Gasteiger partial charge on any atom is 0.265 e. The predicted octanol–water partition coefficient (Wildman–Crippen LogP) is 0.958. The number of amides is 1. The lowest BCUT2D eigenvalue weighted by atomic mass is 10.3. The number of likely N-dealkylation sites (N-methyl/N-ethyl adjacent to an activating group) is 1. The van der Waals surface area contributed by atoms with Crippen molar-refractivity contribution in [2.75, 3.05) is 56.7 Å². The van der Waals surface area contributed by atoms with Gasteiger partial charge in [0.15, 0.2) is 5.13 Å². The minimum Gasteiger partial charge on any atom is -0.382 e. The number of carbonyl (C=O) groups excluding carboxylic acids is 1. The Morgan fingerprint density at radius 3 is 2.76 bits per heavy atom. The fourth-order valence-electron chi connectivity index (χ4n) is 2.02. The molecular formula is C13H23N5OS2. The normalized spacial score (nSPS) is 17.8. The molecule has 2 rings (SSSR count). The summed E-state index contributed by atoms with van der Waals surface area (Å²) in [4.78, 5) is 21.5. The first kappa shape index (κ1) is 16.4. The van der Waals surface area contributed by atoms with E-state index in [9.17, 15) is 4.79 Å². The zero-order valence-electron chi connectivity index (χ0n) is 12.8. The smallest absolute Gasteiger partial charge is 0.265 e. The number of thiazole rings is 1. The van der Waals surface area contributed by atoms with Crippen LogP contribution in [0.3, 0.4) is 0 Å². The third kappa shape index (κ3) is 4.24. The van der Waals surface area contributed by atoms with E-state index < -0.39 is 0 Å². The SMILES string of the molecule is CSC(C)CNC(=O)c1sc(N2CCN(C)CC2)nc1N. The summed E-state index contributed by atoms with van der Waals surface area (Å²) in [6.45, 7) is 6.58. The minimum absolute atomic E-state index is 0.119. The second-order valence-electron chi connectivity index (χ2n) is 5.26. The van der Waals surface area contributed by atoms with E-state index in [1.165, 1.54) is 11.3 Å². The van der Waals surface area contributed by atoms with Gasteiger partial charge >= 0.3 is 0 Å². The molecule has 0 radical (unpaired) electrons. The van der Waals surface area contributed by atoms with Crippen LogP contribution in [0.4, 0.5) is 10.9 Å². The fraction of sp³-hybridized carbons (Fsp3) is 0.692. The highest BCUT2D eigenvalue weighted by molar-refractivity contribution is 7.99. The van der Waals surface area contributed by atoms with Gasteiger partial charge in [0.1, 0.15) is 10.7 Å². The fourth-order valence-corrected chi connectivity index (χ4v) is 3.22. The van der Waals surface area contributed by atoms with E-state index >= 15 is 0 Å². The zero-order valence-corrected chi connectivity index (χ0v) is 14.4. The van der Waals surface area contributed by atoms with Crippen LogP contribution in [-0.4, -0.2) is 67.1 Å². The topological polar surface area (TPSA) is 74.5 Å². The lowest BCUT2D eigenvalue weighted by Gasteiger charge is -2.31. The van der Waals surface area contributed by atoms with Crippen molar-refractivity contribution in [1.29, 1.82) is 0 Å². The highest BCUT2D eigenvalue weighted by Crippen LogP contribution is 2.28. The summed E-state index contributed by atoms with van der Waals surface area (Å²) >= 11 is 3.11. The molecule has 1 amide bonds. The summed E-state index contributed by atoms with van der Waals surface area (Å²) < 4.78 is 0. The Balaban J connectivity index is 2.00. The molecule has 6 nitrogen and oxygen atoms in total. The lowest BCUT2D eigenvalue weighted by Crippen LogP contribution is -2.44. The Kier molecular flexibility index (Phi) is 5.72. The summed E-state index contributed by atoms with van der Waals surface area (Å²) in [6.07, 6.45) is 2.03. The quantitative estimate of drug-likeness (QED) is 0.838. The molecule has 1 aliphatic rings. The van der Waals surface area contributed by atoms with Crippen molar-refractivity contribution in [2.45, 2.75) is 12.2 Å². The molecule has 1 saturated heterocycles. The first-order chi connectivity index (χ1) is 10.0. The Bertz CT molecular complexity index is 485. The number of rotatable bonds is 5. The van der Waals surface area contributed by atoms with E-state index in [4.69, 9.17) is 5.73 Å². The van der Waals surface area contributed by atoms with Crippen molar-refractivity contribution in [3.05, 3.63) is 4.88 Å². The number of nitrogens with one attached hydrogen (secondary N) is 1. The van der Waals surface area contributed by atoms with E-state index in [-0.39, 0.29) is 5.91 Å². The van der Waals surface area contributed by atoms with Crippen LogP contribution in [0.15, 0.2) is 0 Å². The first-order valence-corrected chi connectivity index (χ1v) is 9.12. The largest absolute Gasteiger partial charge is 0.382 e. The molecule has 1 aromatic heterocycles. The van der Waals surface area contributed by atoms with Gasteiger partial charge in [-0.25, -0.2) is 4.98 Å². The highest BCUT2D eigenvalue weighted by atomic mass is 32.2. The van der Waals surface area contributed by atoms with Gasteiger partial charge in [-0.3, -0.25) is 4.79 Å². The van der Waals surface area contributed by atoms with Crippen molar-refractivity contribution in [2.24, 2.45) is 0 Å². The number of carbonyl (C=O) groups is 1. The number of nitrogen functional groups attached to an aromatic ring is 1. The van der Waals surface area contributed by atoms with Gasteiger partial charge in [-0.1, -0.05) is 18.3 Å². The maximum atomic E-state index is 12.2. The Morgan fingerprint density at radius 2 is 2.14 bits per heavy atom. The summed E-state index contributed by atoms with van der Waals surface area (Å²) in [5.74, 6) is 0.217. The molecule has 21 heavy (non-hydrogen) atoms. The molecule has 1 fully saturated rings. The Morgan fingerprint density at radius 1 is 1.48 bits per heavy atom. The molecule has 0 spiro atoms. The van der Waals surface area contributed by atoms with Gasteiger partial charge in [0.25, 0.3) is 5.91 Å². The molecule has 118 valence electrons. The average molecular weight is 329 g/mol. The van der Waals surface area contributed by atoms with E-state index in [1.54, 1.807) is 11.8 Å². The number of thioether (sulfide) groups is 1. The van der Waals surface area contributed by atoms with Crippen LogP contribution in [0.2, 0.25) is 0 Å². The van der Waals surface area contributed by atoms with Crippen LogP contribution < -0.4 is 16.0 Å². The third-order valence-corrected chi connectivity index (χ3v) is 5.68. The van der Waals surface area contributed by atoms with Crippen molar-refractivity contribution in [3.8, 4) is 0 Å². The van der Waals surface area contributed by atoms with Crippen LogP contribution in [-0.2, 0) is 0 Å². The summed E-state index contributed by atoms with van der Waals surface area (Å²) in [7, 11) is 2.11. The van der Waals surface area contributed by atoms with Crippen molar-refractivity contribution < 1.29 is 4.79 Å². The number of anilines is 2. The molecule has 0 aliphatic carbocycles. The van der Waals surface area contributed by atoms with Gasteiger partial charge in [-0.2, -0.15) is 11.8 Å². The van der Waals surface area contributed by atoms with Gasteiger partial charge in [0, 0.05) is 38.0 Å². The number of hydrogen-bond acceptors (Lipinski definition) is 7. The number of aromatic nitrogens is 1. The first-order valence-electron chi connectivity index (χ1n) is 7.02. The number of piperazine rings is 1. The van der Waals surface area contributed by atoms with Crippen LogP contribution >= 0.6 is 23.1 Å². The Hall–Kier alpha value is -0.990. The van der Waals surface area contributed by atoms with Crippen molar-refractivity contribution >= 4 is 40.0 Å². The maximum absolute atomic E-state index is 12.2. The molecule has 1 aromatic rings. The molecule has 1 atom stereocenters. The lowest BCUT2D eigenvalue weighted by molar-refractivity contribution is 0.0959. The third-order valence-electron chi connectivity index (χ3n) is 3.57. The molecule has 1 unspecified atom stereocenters. The number of hydrogen-bond donors (Lipinski definition) is 2. The monoisotopic (exact) mass is 329 g/mol. The molecule has 0 bridgehead atoms. The molecule has 3 N–H and O–H groups in total. The standard InChI is InChI=1S/C13H23N5OS2/c1-9(20-3)8-15-12(19)10-11(14)16-13(21-10)18-6-4-17(2)5-7-18/h9H,4-8,14H2,1-3H3,(H,15,19). The number of nitrogens with zero attached hydrogens (tertiary/aromatic N) is 3. The summed E-state index contributed by atoms with van der Waals surface area (Å²) in [5.41, 5.74) is 5.91. The average Bonchev–Trinajstić information content (AvgIpc) is 2.87. The van der Waals surface area contributed by atoms with Crippen LogP contribution in [0.5, 0.6) is 0 Å². The van der Waals surface area contributed by atoms with Crippen LogP contribution in [0.1, 0.15) is 16.6 Å². The second-order valence-corrected chi connectivity index (χ2v) is 7.51. The molecular weight excluding hydrogens is 306 g/mol. The minimum atomic E-state index is -0.119. The van der Waals surface area contributed by atoms with E-state index in [1.807, 2.05) is 6.26 Å². The van der Waals surface area contributed by atoms with E-state index in [2.05, 4.69) is 34.1 Å². The van der Waals surface area contributed by atoms with Gasteiger partial charge in [-0.05, 0) is 13.3 Å². The van der Waals surface area contributed by atoms with Crippen LogP contribution in [0.25, 0.3) is 0 Å². The van der Waals surface area contributed by atoms with E-state index in [0.717, 1.165) is 31.3 Å².